The molecule has 8 heterocycles. The molecule has 0 bridgehead atoms. The van der Waals surface area contributed by atoms with Gasteiger partial charge in [-0.1, -0.05) is 89.4 Å². The molecule has 0 atom stereocenters. The molecule has 16 aromatic rings. The second-order valence-corrected chi connectivity index (χ2v) is 27.0. The Morgan fingerprint density at radius 1 is 0.504 bits per heavy atom. The van der Waals surface area contributed by atoms with Crippen molar-refractivity contribution in [1.82, 2.24) is 44.4 Å². The maximum absolute atomic E-state index is 11.0. The number of aliphatic hydroxyl groups excluding tert-OH is 1. The van der Waals surface area contributed by atoms with Gasteiger partial charge in [-0.3, -0.25) is 59.9 Å². The summed E-state index contributed by atoms with van der Waals surface area (Å²) in [7, 11) is 8.54. The number of aryl methyl sites for hydroxylation is 10. The third-order valence-electron chi connectivity index (χ3n) is 17.9. The lowest BCUT2D eigenvalue weighted by molar-refractivity contribution is -0.382. The van der Waals surface area contributed by atoms with Gasteiger partial charge in [0.15, 0.2) is 0 Å². The van der Waals surface area contributed by atoms with Crippen LogP contribution in [0.25, 0.3) is 87.4 Å². The van der Waals surface area contributed by atoms with E-state index >= 15 is 0 Å². The highest BCUT2D eigenvalue weighted by molar-refractivity contribution is 6.34. The van der Waals surface area contributed by atoms with Gasteiger partial charge in [0.2, 0.25) is 0 Å². The number of carbonyl (C=O) groups is 1. The number of pyridine rings is 7. The van der Waals surface area contributed by atoms with E-state index in [9.17, 15) is 25.0 Å². The second kappa shape index (κ2) is 45.7. The molecule has 13 N–H and O–H groups in total. The summed E-state index contributed by atoms with van der Waals surface area (Å²) in [5.41, 5.74) is 45.9. The number of rotatable bonds is 10. The molecule has 0 amide bonds. The Kier molecular flexibility index (Phi) is 36.3. The molecule has 0 unspecified atom stereocenters. The van der Waals surface area contributed by atoms with Crippen LogP contribution in [0.5, 0.6) is 0 Å². The van der Waals surface area contributed by atoms with Crippen molar-refractivity contribution in [2.45, 2.75) is 74.1 Å². The highest BCUT2D eigenvalue weighted by atomic mass is 35.5. The van der Waals surface area contributed by atoms with Gasteiger partial charge >= 0.3 is 11.7 Å². The number of nitrogens with one attached hydrogen (secondary N) is 4. The molecule has 0 aliphatic rings. The molecule has 29 heteroatoms. The van der Waals surface area contributed by atoms with Gasteiger partial charge in [-0.05, 0) is 229 Å². The fourth-order valence-corrected chi connectivity index (χ4v) is 13.2. The van der Waals surface area contributed by atoms with Crippen LogP contribution < -0.4 is 27.8 Å². The fraction of sp³-hybridized carbons (Fsp3) is 0.193. The number of carbonyl (C=O) groups excluding carboxylic acids is 1. The summed E-state index contributed by atoms with van der Waals surface area (Å²) in [5.74, 6) is 0.880. The molecule has 0 saturated heterocycles. The number of halogens is 3. The van der Waals surface area contributed by atoms with Gasteiger partial charge < -0.3 is 47.7 Å². The highest BCUT2D eigenvalue weighted by Gasteiger charge is 2.21. The zero-order valence-corrected chi connectivity index (χ0v) is 69.3. The van der Waals surface area contributed by atoms with Crippen LogP contribution in [0.2, 0.25) is 15.1 Å². The number of esters is 1. The number of nitro groups is 2. The van der Waals surface area contributed by atoms with Crippen LogP contribution in [-0.4, -0.2) is 106 Å². The number of para-hydroxylation sites is 2. The van der Waals surface area contributed by atoms with E-state index in [2.05, 4.69) is 106 Å². The Morgan fingerprint density at radius 3 is 1.44 bits per heavy atom. The number of nitrogens with zero attached hydrogens (tertiary/aromatic N) is 11. The summed E-state index contributed by atoms with van der Waals surface area (Å²) in [5, 5.41) is 43.6. The Balaban J connectivity index is 0.000000247. The maximum Gasteiger partial charge on any atom is 0.305 e. The summed E-state index contributed by atoms with van der Waals surface area (Å²) >= 11 is 17.4. The van der Waals surface area contributed by atoms with Gasteiger partial charge in [-0.25, -0.2) is 16.0 Å². The predicted octanol–water partition coefficient (Wildman–Crippen LogP) is 19.9. The lowest BCUT2D eigenvalue weighted by atomic mass is 10.1. The van der Waals surface area contributed by atoms with Crippen molar-refractivity contribution >= 4 is 162 Å². The number of nitrogens with two attached hydrogens (primary N) is 3. The lowest BCUT2D eigenvalue weighted by Gasteiger charge is -2.10. The van der Waals surface area contributed by atoms with Crippen molar-refractivity contribution in [2.24, 2.45) is 12.8 Å². The summed E-state index contributed by atoms with van der Waals surface area (Å²) in [6.45, 7) is 13.7. The molecule has 0 spiro atoms. The molecular weight excluding hydrogens is 1540 g/mol. The molecule has 0 aliphatic carbocycles. The molecule has 26 nitrogen and oxygen atoms in total. The first-order valence-electron chi connectivity index (χ1n) is 36.5. The minimum atomic E-state index is -0.480. The third kappa shape index (κ3) is 24.5. The number of imidazole rings is 1. The molecule has 0 aliphatic heterocycles. The van der Waals surface area contributed by atoms with Crippen molar-refractivity contribution in [3.8, 4) is 0 Å². The molecule has 0 fully saturated rings. The number of hydrogen-bond donors (Lipinski definition) is 8. The van der Waals surface area contributed by atoms with Crippen LogP contribution in [0.4, 0.5) is 34.1 Å². The van der Waals surface area contributed by atoms with Crippen molar-refractivity contribution in [2.75, 3.05) is 57.0 Å². The smallest absolute Gasteiger partial charge is 0.305 e. The van der Waals surface area contributed by atoms with Crippen LogP contribution in [0.3, 0.4) is 0 Å². The van der Waals surface area contributed by atoms with Crippen LogP contribution in [0.1, 0.15) is 65.4 Å². The number of methoxy groups -OCH3 is 1. The maximum atomic E-state index is 11.0. The number of nitrogen functional groups attached to an aromatic ring is 2. The van der Waals surface area contributed by atoms with Gasteiger partial charge in [0, 0.05) is 127 Å². The average molecular weight is 1640 g/mol. The van der Waals surface area contributed by atoms with E-state index in [0.717, 1.165) is 145 Å². The fourth-order valence-electron chi connectivity index (χ4n) is 12.4. The third-order valence-corrected chi connectivity index (χ3v) is 18.7. The second-order valence-electron chi connectivity index (χ2n) is 25.7. The molecule has 8 aromatic carbocycles. The van der Waals surface area contributed by atoms with Crippen LogP contribution >= 0.6 is 34.8 Å². The topological polar surface area (TPSA) is 422 Å². The Labute approximate surface area is 693 Å². The van der Waals surface area contributed by atoms with Gasteiger partial charge in [-0.15, -0.1) is 0 Å². The van der Waals surface area contributed by atoms with E-state index in [1.807, 2.05) is 151 Å². The van der Waals surface area contributed by atoms with Crippen LogP contribution in [0.15, 0.2) is 219 Å². The largest absolute Gasteiger partial charge is 0.469 e. The van der Waals surface area contributed by atoms with Crippen LogP contribution in [-0.2, 0) is 35.8 Å². The zero-order valence-electron chi connectivity index (χ0n) is 67.0. The molecule has 117 heavy (non-hydrogen) atoms. The summed E-state index contributed by atoms with van der Waals surface area (Å²) in [6, 6.07) is 59.9. The van der Waals surface area contributed by atoms with Gasteiger partial charge in [-0.2, -0.15) is 0 Å². The van der Waals surface area contributed by atoms with E-state index < -0.39 is 4.92 Å². The number of aliphatic hydroxyl groups is 1. The number of aromatic nitrogens is 9. The Hall–Kier alpha value is -13.1. The van der Waals surface area contributed by atoms with Crippen LogP contribution in [0, 0.1) is 72.8 Å². The van der Waals surface area contributed by atoms with Gasteiger partial charge in [0.05, 0.1) is 95.2 Å². The Morgan fingerprint density at radius 2 is 0.932 bits per heavy atom. The molecule has 8 aromatic heterocycles. The monoisotopic (exact) mass is 1640 g/mol. The van der Waals surface area contributed by atoms with Gasteiger partial charge in [0.25, 0.3) is 5.69 Å². The van der Waals surface area contributed by atoms with E-state index in [1.54, 1.807) is 87.3 Å². The highest BCUT2D eigenvalue weighted by Crippen LogP contribution is 2.37. The standard InChI is InChI=1S/C23H20N4.C13H13NO2.C11H11N3O2.C11H13N3.C10H7ClN2O2.C10H8ClN.C7H8ClN.C2H6O.CH5N.H2N2.H2O.H2/c1-15-14-20-23(18-7-5-13-24-22(15)18)26-21(27(20)2)12-11-17-10-9-16-6-3-4-8-19(16)25-17;1-16-13(15)9-8-11-7-6-10-4-2-3-5-12(10)14-11;1-7-6-9(12-2)11(14(15)16)8-4-3-5-13-10(7)8;1-7-6-9(13-2)10(12)8-4-3-5-14-11(7)8;1-6-5-8(11)10(13(14)15)7-3-2-4-12-9(6)7;1-7-5-9(11)6-8-3-2-4-12-10(7)8;1-5-4-6(8)2-3-7(5)9;1-2-3;2*1-2;;/h3-10,13-14H,11-12H2,1-2H3;2-7H,8-9H2,1H3;3-6,12H,1-2H3;3-6,13H,12H2,1-2H3;2-5H,1H3;2-6H,1H3;2-4H,9H2,1H3;3H,2H2,1H3;2H2,1H3;1-2H;1H2;1H. The summed E-state index contributed by atoms with van der Waals surface area (Å²) in [4.78, 5) is 67.6. The lowest BCUT2D eigenvalue weighted by Crippen LogP contribution is -2.02. The molecule has 0 saturated carbocycles. The first-order chi connectivity index (χ1) is 55.9. The average Bonchev–Trinajstić information content (AvgIpc) is 1.46. The van der Waals surface area contributed by atoms with Crippen molar-refractivity contribution in [3.63, 3.8) is 0 Å². The Bertz CT molecular complexity index is 6090. The van der Waals surface area contributed by atoms with Crippen molar-refractivity contribution in [1.29, 1.82) is 11.1 Å². The first-order valence-corrected chi connectivity index (χ1v) is 37.6. The minimum absolute atomic E-state index is 0. The van der Waals surface area contributed by atoms with Crippen molar-refractivity contribution < 1.29 is 31.4 Å². The first kappa shape index (κ1) is 92.8. The molecule has 0 radical (unpaired) electrons. The SMILES string of the molecule is CCO.CN.CNc1cc(C)c2ncccc2c1N.CNc1cc(C)c2ncccc2c1[N+](=O)[O-].COC(=O)CCc1ccc2ccccc2n1.Cc1cc(Cl)c([N+](=O)[O-])c2cccnc12.Cc1cc(Cl)cc2cccnc12.Cc1cc(Cl)ccc1N.Cc1cc2c(nc(CCc3ccc4ccccc4n3)n2C)c2cccnc12.N=N.O.[HH]. The number of anilines is 4. The number of hydrogen-bond acceptors (Lipinski definition) is 22. The van der Waals surface area contributed by atoms with Crippen molar-refractivity contribution in [3.05, 3.63) is 305 Å². The number of ether oxygens (including phenoxy) is 1. The number of fused-ring (bicyclic) bond motifs is 9. The molecule has 16 rings (SSSR count). The molecular formula is C88H97Cl3N18O8. The van der Waals surface area contributed by atoms with E-state index in [0.29, 0.717) is 40.3 Å². The number of benzene rings is 8. The quantitative estimate of drug-likeness (QED) is 0.0207. The zero-order chi connectivity index (χ0) is 84.7. The predicted molar refractivity (Wildman–Crippen MR) is 479 cm³/mol. The summed E-state index contributed by atoms with van der Waals surface area (Å²) in [6.07, 6.45) is 11.4. The minimum Gasteiger partial charge on any atom is -0.469 e. The molecule has 608 valence electrons. The number of nitro benzene ring substituents is 2. The van der Waals surface area contributed by atoms with E-state index in [4.69, 9.17) is 72.4 Å². The van der Waals surface area contributed by atoms with E-state index in [1.165, 1.54) is 25.1 Å². The normalized spacial score (nSPS) is 10.2. The summed E-state index contributed by atoms with van der Waals surface area (Å²) < 4.78 is 6.80. The van der Waals surface area contributed by atoms with E-state index in [-0.39, 0.29) is 40.8 Å². The van der Waals surface area contributed by atoms with Gasteiger partial charge in [0.1, 0.15) is 16.5 Å².